The number of morpholine rings is 1. The van der Waals surface area contributed by atoms with Crippen LogP contribution in [0.3, 0.4) is 0 Å². The molecule has 2 aromatic carbocycles. The first-order valence-electron chi connectivity index (χ1n) is 11.3. The van der Waals surface area contributed by atoms with E-state index in [2.05, 4.69) is 10.2 Å². The molecular weight excluding hydrogens is 463 g/mol. The molecule has 1 saturated carbocycles. The number of aryl methyl sites for hydroxylation is 1. The highest BCUT2D eigenvalue weighted by Crippen LogP contribution is 2.41. The average molecular weight is 489 g/mol. The van der Waals surface area contributed by atoms with Gasteiger partial charge in [-0.15, -0.1) is 11.3 Å². The highest BCUT2D eigenvalue weighted by atomic mass is 35.5. The van der Waals surface area contributed by atoms with E-state index in [1.54, 1.807) is 12.1 Å². The Morgan fingerprint density at radius 1 is 1.33 bits per heavy atom. The first-order chi connectivity index (χ1) is 15.9. The molecule has 0 unspecified atom stereocenters. The number of aromatic carboxylic acids is 1. The van der Waals surface area contributed by atoms with Crippen LogP contribution in [0.25, 0.3) is 21.2 Å². The van der Waals surface area contributed by atoms with Crippen LogP contribution in [0.5, 0.6) is 0 Å². The van der Waals surface area contributed by atoms with Gasteiger partial charge in [0.2, 0.25) is 0 Å². The first-order valence-corrected chi connectivity index (χ1v) is 12.5. The van der Waals surface area contributed by atoms with Gasteiger partial charge in [0, 0.05) is 46.2 Å². The Morgan fingerprint density at radius 3 is 2.88 bits per heavy atom. The van der Waals surface area contributed by atoms with Gasteiger partial charge < -0.3 is 20.1 Å². The van der Waals surface area contributed by atoms with Gasteiger partial charge in [-0.3, -0.25) is 0 Å². The van der Waals surface area contributed by atoms with Crippen molar-refractivity contribution in [2.75, 3.05) is 31.1 Å². The normalized spacial score (nSPS) is 19.1. The quantitative estimate of drug-likeness (QED) is 0.465. The molecule has 0 bridgehead atoms. The molecule has 0 amide bonds. The monoisotopic (exact) mass is 488 g/mol. The molecule has 1 aliphatic heterocycles. The van der Waals surface area contributed by atoms with Crippen LogP contribution in [0.2, 0.25) is 5.02 Å². The zero-order valence-corrected chi connectivity index (χ0v) is 19.9. The number of carboxylic acids is 1. The molecule has 8 heteroatoms. The number of anilines is 1. The smallest absolute Gasteiger partial charge is 0.337 e. The molecule has 1 aromatic heterocycles. The van der Waals surface area contributed by atoms with Crippen LogP contribution >= 0.6 is 22.9 Å². The molecule has 174 valence electrons. The SMILES string of the molecule is Cc1sc2cc(Cl)c(F)cc2c1-c1ccc(N2CCO[C@@H](CNC3CCC3)C2)c(C(=O)O)c1. The molecule has 1 saturated heterocycles. The number of nitrogens with zero attached hydrogens (tertiary/aromatic N) is 1. The number of rotatable bonds is 6. The van der Waals surface area contributed by atoms with Crippen molar-refractivity contribution in [1.29, 1.82) is 0 Å². The molecule has 2 aliphatic rings. The second kappa shape index (κ2) is 9.22. The highest BCUT2D eigenvalue weighted by molar-refractivity contribution is 7.19. The fourth-order valence-corrected chi connectivity index (χ4v) is 6.02. The molecule has 3 aromatic rings. The number of nitrogens with one attached hydrogen (secondary N) is 1. The van der Waals surface area contributed by atoms with Crippen molar-refractivity contribution in [3.8, 4) is 11.1 Å². The number of hydrogen-bond donors (Lipinski definition) is 2. The minimum atomic E-state index is -0.978. The van der Waals surface area contributed by atoms with E-state index in [0.717, 1.165) is 32.6 Å². The third kappa shape index (κ3) is 4.47. The Morgan fingerprint density at radius 2 is 2.15 bits per heavy atom. The van der Waals surface area contributed by atoms with Crippen LogP contribution in [-0.4, -0.2) is 49.5 Å². The molecule has 33 heavy (non-hydrogen) atoms. The van der Waals surface area contributed by atoms with E-state index < -0.39 is 11.8 Å². The summed E-state index contributed by atoms with van der Waals surface area (Å²) in [5.74, 6) is -1.46. The molecule has 2 heterocycles. The maximum atomic E-state index is 14.2. The molecule has 2 N–H and O–H groups in total. The number of thiophene rings is 1. The summed E-state index contributed by atoms with van der Waals surface area (Å²) in [6.45, 7) is 4.58. The van der Waals surface area contributed by atoms with Crippen molar-refractivity contribution in [2.24, 2.45) is 0 Å². The van der Waals surface area contributed by atoms with Crippen molar-refractivity contribution in [2.45, 2.75) is 38.3 Å². The maximum absolute atomic E-state index is 14.2. The Labute approximate surface area is 201 Å². The Kier molecular flexibility index (Phi) is 6.31. The van der Waals surface area contributed by atoms with E-state index in [1.807, 2.05) is 19.1 Å². The number of halogens is 2. The molecule has 2 fully saturated rings. The summed E-state index contributed by atoms with van der Waals surface area (Å²) in [7, 11) is 0. The van der Waals surface area contributed by atoms with Gasteiger partial charge in [0.1, 0.15) is 5.82 Å². The minimum Gasteiger partial charge on any atom is -0.478 e. The third-order valence-corrected chi connectivity index (χ3v) is 8.00. The number of ether oxygens (including phenoxy) is 1. The van der Waals surface area contributed by atoms with Gasteiger partial charge in [0.15, 0.2) is 0 Å². The van der Waals surface area contributed by atoms with Gasteiger partial charge in [0.05, 0.1) is 29.0 Å². The standard InChI is InChI=1S/C25H26ClFN2O3S/c1-14-24(19-10-21(27)20(26)11-23(19)33-14)15-5-6-22(18(9-15)25(30)31)29-7-8-32-17(13-29)12-28-16-3-2-4-16/h5-6,9-11,16-17,28H,2-4,7-8,12-13H2,1H3,(H,30,31)/t17-/m0/s1. The van der Waals surface area contributed by atoms with Gasteiger partial charge in [-0.25, -0.2) is 9.18 Å². The fraction of sp³-hybridized carbons (Fsp3) is 0.400. The van der Waals surface area contributed by atoms with Gasteiger partial charge in [-0.2, -0.15) is 0 Å². The Bertz CT molecular complexity index is 1210. The van der Waals surface area contributed by atoms with Gasteiger partial charge >= 0.3 is 5.97 Å². The van der Waals surface area contributed by atoms with Crippen molar-refractivity contribution in [3.63, 3.8) is 0 Å². The van der Waals surface area contributed by atoms with Crippen molar-refractivity contribution >= 4 is 44.7 Å². The van der Waals surface area contributed by atoms with Gasteiger partial charge in [0.25, 0.3) is 0 Å². The predicted molar refractivity (Wildman–Crippen MR) is 132 cm³/mol. The lowest BCUT2D eigenvalue weighted by molar-refractivity contribution is 0.0370. The average Bonchev–Trinajstić information content (AvgIpc) is 3.07. The summed E-state index contributed by atoms with van der Waals surface area (Å²) in [5, 5.41) is 14.4. The molecule has 1 atom stereocenters. The molecule has 0 spiro atoms. The van der Waals surface area contributed by atoms with E-state index in [-0.39, 0.29) is 16.7 Å². The lowest BCUT2D eigenvalue weighted by Gasteiger charge is -2.37. The summed E-state index contributed by atoms with van der Waals surface area (Å²) in [6.07, 6.45) is 3.74. The van der Waals surface area contributed by atoms with E-state index in [0.29, 0.717) is 31.4 Å². The van der Waals surface area contributed by atoms with E-state index >= 15 is 0 Å². The van der Waals surface area contributed by atoms with E-state index in [4.69, 9.17) is 16.3 Å². The topological polar surface area (TPSA) is 61.8 Å². The number of hydrogen-bond acceptors (Lipinski definition) is 5. The number of carboxylic acid groups (broad SMARTS) is 1. The molecule has 0 radical (unpaired) electrons. The zero-order valence-electron chi connectivity index (χ0n) is 18.4. The van der Waals surface area contributed by atoms with Crippen LogP contribution in [0, 0.1) is 12.7 Å². The number of fused-ring (bicyclic) bond motifs is 1. The fourth-order valence-electron chi connectivity index (χ4n) is 4.68. The van der Waals surface area contributed by atoms with Crippen LogP contribution in [0.15, 0.2) is 30.3 Å². The Balaban J connectivity index is 1.45. The summed E-state index contributed by atoms with van der Waals surface area (Å²) >= 11 is 7.49. The summed E-state index contributed by atoms with van der Waals surface area (Å²) in [4.78, 5) is 15.3. The lowest BCUT2D eigenvalue weighted by Crippen LogP contribution is -2.49. The molecular formula is C25H26ClFN2O3S. The molecule has 5 rings (SSSR count). The maximum Gasteiger partial charge on any atom is 0.337 e. The molecule has 5 nitrogen and oxygen atoms in total. The highest BCUT2D eigenvalue weighted by Gasteiger charge is 2.26. The van der Waals surface area contributed by atoms with E-state index in [1.165, 1.54) is 36.7 Å². The Hall–Kier alpha value is -2.19. The van der Waals surface area contributed by atoms with Crippen LogP contribution in [0.4, 0.5) is 10.1 Å². The largest absolute Gasteiger partial charge is 0.478 e. The van der Waals surface area contributed by atoms with Gasteiger partial charge in [-0.05, 0) is 49.6 Å². The second-order valence-electron chi connectivity index (χ2n) is 8.81. The van der Waals surface area contributed by atoms with E-state index in [9.17, 15) is 14.3 Å². The zero-order chi connectivity index (χ0) is 23.1. The van der Waals surface area contributed by atoms with Crippen molar-refractivity contribution in [1.82, 2.24) is 5.32 Å². The van der Waals surface area contributed by atoms with Crippen molar-refractivity contribution < 1.29 is 19.0 Å². The number of benzene rings is 2. The molecule has 1 aliphatic carbocycles. The number of carbonyl (C=O) groups is 1. The van der Waals surface area contributed by atoms with Crippen molar-refractivity contribution in [3.05, 3.63) is 51.6 Å². The van der Waals surface area contributed by atoms with Crippen LogP contribution < -0.4 is 10.2 Å². The summed E-state index contributed by atoms with van der Waals surface area (Å²) < 4.78 is 21.0. The van der Waals surface area contributed by atoms with Gasteiger partial charge in [-0.1, -0.05) is 24.1 Å². The third-order valence-electron chi connectivity index (χ3n) is 6.64. The summed E-state index contributed by atoms with van der Waals surface area (Å²) in [5.41, 5.74) is 2.55. The van der Waals surface area contributed by atoms with Crippen LogP contribution in [0.1, 0.15) is 34.5 Å². The lowest BCUT2D eigenvalue weighted by atomic mass is 9.93. The predicted octanol–water partition coefficient (Wildman–Crippen LogP) is 5.71. The first kappa shape index (κ1) is 22.6. The summed E-state index contributed by atoms with van der Waals surface area (Å²) in [6, 6.07) is 9.16. The minimum absolute atomic E-state index is 0.0245. The van der Waals surface area contributed by atoms with Crippen LogP contribution in [-0.2, 0) is 4.74 Å². The second-order valence-corrected chi connectivity index (χ2v) is 10.5.